The van der Waals surface area contributed by atoms with Gasteiger partial charge < -0.3 is 10.5 Å². The Morgan fingerprint density at radius 3 is 2.25 bits per heavy atom. The number of benzene rings is 1. The van der Waals surface area contributed by atoms with Crippen molar-refractivity contribution in [3.63, 3.8) is 0 Å². The van der Waals surface area contributed by atoms with Gasteiger partial charge in [0.2, 0.25) is 0 Å². The molecule has 0 aliphatic carbocycles. The quantitative estimate of drug-likeness (QED) is 0.798. The van der Waals surface area contributed by atoms with E-state index < -0.39 is 0 Å². The fourth-order valence-corrected chi connectivity index (χ4v) is 1.65. The molecule has 0 bridgehead atoms. The third kappa shape index (κ3) is 3.49. The first kappa shape index (κ1) is 13.0. The van der Waals surface area contributed by atoms with E-state index in [0.717, 1.165) is 12.2 Å². The third-order valence-corrected chi connectivity index (χ3v) is 2.78. The number of thiocarbonyl (C=S) groups is 1. The van der Waals surface area contributed by atoms with Crippen molar-refractivity contribution in [2.24, 2.45) is 5.73 Å². The second kappa shape index (κ2) is 5.85. The first-order chi connectivity index (χ1) is 7.54. The van der Waals surface area contributed by atoms with E-state index in [-0.39, 0.29) is 6.10 Å². The molecule has 0 aliphatic heterocycles. The lowest BCUT2D eigenvalue weighted by molar-refractivity contribution is 0.264. The first-order valence-corrected chi connectivity index (χ1v) is 6.01. The molecule has 0 radical (unpaired) electrons. The van der Waals surface area contributed by atoms with Crippen LogP contribution in [-0.4, -0.2) is 11.1 Å². The van der Waals surface area contributed by atoms with Gasteiger partial charge in [-0.3, -0.25) is 0 Å². The largest absolute Gasteiger partial charge is 0.483 e. The van der Waals surface area contributed by atoms with Gasteiger partial charge in [-0.05, 0) is 30.0 Å². The van der Waals surface area contributed by atoms with Crippen molar-refractivity contribution in [2.75, 3.05) is 0 Å². The molecule has 0 amide bonds. The maximum absolute atomic E-state index is 5.69. The summed E-state index contributed by atoms with van der Waals surface area (Å²) < 4.78 is 5.69. The van der Waals surface area contributed by atoms with Crippen molar-refractivity contribution < 1.29 is 4.74 Å². The van der Waals surface area contributed by atoms with Crippen LogP contribution < -0.4 is 10.5 Å². The molecule has 2 nitrogen and oxygen atoms in total. The molecule has 0 aliphatic rings. The minimum atomic E-state index is -0.167. The van der Waals surface area contributed by atoms with Gasteiger partial charge in [0.1, 0.15) is 16.8 Å². The number of rotatable bonds is 5. The van der Waals surface area contributed by atoms with Crippen LogP contribution in [0.3, 0.4) is 0 Å². The van der Waals surface area contributed by atoms with Crippen LogP contribution in [0.25, 0.3) is 0 Å². The molecule has 0 saturated carbocycles. The monoisotopic (exact) mass is 237 g/mol. The predicted molar refractivity (Wildman–Crippen MR) is 72.0 cm³/mol. The first-order valence-electron chi connectivity index (χ1n) is 5.60. The standard InChI is InChI=1S/C13H19NOS/c1-4-12(13(14)16)15-11-7-5-10(6-8-11)9(2)3/h5-9,12H,4H2,1-3H3,(H2,14,16). The van der Waals surface area contributed by atoms with E-state index >= 15 is 0 Å². The zero-order chi connectivity index (χ0) is 12.1. The van der Waals surface area contributed by atoms with Crippen LogP contribution in [0.5, 0.6) is 5.75 Å². The molecule has 3 heteroatoms. The minimum absolute atomic E-state index is 0.167. The highest BCUT2D eigenvalue weighted by Crippen LogP contribution is 2.19. The Bertz CT molecular complexity index is 345. The van der Waals surface area contributed by atoms with E-state index in [1.807, 2.05) is 19.1 Å². The lowest BCUT2D eigenvalue weighted by Gasteiger charge is -2.16. The van der Waals surface area contributed by atoms with Crippen LogP contribution in [0.1, 0.15) is 38.7 Å². The Kier molecular flexibility index (Phi) is 4.74. The molecule has 88 valence electrons. The summed E-state index contributed by atoms with van der Waals surface area (Å²) in [5, 5.41) is 0. The van der Waals surface area contributed by atoms with Crippen LogP contribution in [0.4, 0.5) is 0 Å². The lowest BCUT2D eigenvalue weighted by Crippen LogP contribution is -2.31. The molecule has 16 heavy (non-hydrogen) atoms. The summed E-state index contributed by atoms with van der Waals surface area (Å²) in [6.45, 7) is 6.34. The number of ether oxygens (including phenoxy) is 1. The highest BCUT2D eigenvalue weighted by molar-refractivity contribution is 7.80. The topological polar surface area (TPSA) is 35.2 Å². The molecule has 0 saturated heterocycles. The SMILES string of the molecule is CCC(Oc1ccc(C(C)C)cc1)C(N)=S. The van der Waals surface area contributed by atoms with Gasteiger partial charge in [-0.2, -0.15) is 0 Å². The van der Waals surface area contributed by atoms with Crippen LogP contribution in [0, 0.1) is 0 Å². The van der Waals surface area contributed by atoms with Crippen molar-refractivity contribution >= 4 is 17.2 Å². The van der Waals surface area contributed by atoms with Gasteiger partial charge in [0.25, 0.3) is 0 Å². The Morgan fingerprint density at radius 1 is 1.31 bits per heavy atom. The molecular weight excluding hydrogens is 218 g/mol. The Labute approximate surface area is 103 Å². The van der Waals surface area contributed by atoms with Gasteiger partial charge in [-0.25, -0.2) is 0 Å². The molecular formula is C13H19NOS. The molecule has 0 fully saturated rings. The zero-order valence-corrected chi connectivity index (χ0v) is 10.9. The number of hydrogen-bond donors (Lipinski definition) is 1. The maximum atomic E-state index is 5.69. The van der Waals surface area contributed by atoms with E-state index in [2.05, 4.69) is 26.0 Å². The fourth-order valence-electron chi connectivity index (χ4n) is 1.44. The van der Waals surface area contributed by atoms with Gasteiger partial charge in [0.15, 0.2) is 0 Å². The third-order valence-electron chi connectivity index (χ3n) is 2.51. The summed E-state index contributed by atoms with van der Waals surface area (Å²) in [5.41, 5.74) is 6.88. The van der Waals surface area contributed by atoms with Crippen molar-refractivity contribution in [1.82, 2.24) is 0 Å². The van der Waals surface area contributed by atoms with E-state index in [0.29, 0.717) is 10.9 Å². The molecule has 1 rings (SSSR count). The summed E-state index contributed by atoms with van der Waals surface area (Å²) in [5.74, 6) is 1.36. The van der Waals surface area contributed by atoms with Gasteiger partial charge in [0, 0.05) is 0 Å². The van der Waals surface area contributed by atoms with Gasteiger partial charge in [-0.15, -0.1) is 0 Å². The average molecular weight is 237 g/mol. The normalized spacial score (nSPS) is 12.5. The predicted octanol–water partition coefficient (Wildman–Crippen LogP) is 3.25. The van der Waals surface area contributed by atoms with Crippen LogP contribution in [0.15, 0.2) is 24.3 Å². The lowest BCUT2D eigenvalue weighted by atomic mass is 10.0. The molecule has 0 heterocycles. The van der Waals surface area contributed by atoms with Crippen molar-refractivity contribution in [2.45, 2.75) is 39.2 Å². The van der Waals surface area contributed by atoms with E-state index in [1.165, 1.54) is 5.56 Å². The van der Waals surface area contributed by atoms with E-state index in [1.54, 1.807) is 0 Å². The van der Waals surface area contributed by atoms with Crippen LogP contribution in [-0.2, 0) is 0 Å². The fraction of sp³-hybridized carbons (Fsp3) is 0.462. The summed E-state index contributed by atoms with van der Waals surface area (Å²) >= 11 is 4.94. The number of hydrogen-bond acceptors (Lipinski definition) is 2. The average Bonchev–Trinajstić information content (AvgIpc) is 2.26. The van der Waals surface area contributed by atoms with Crippen molar-refractivity contribution in [3.8, 4) is 5.75 Å². The molecule has 1 aromatic carbocycles. The second-order valence-corrected chi connectivity index (χ2v) is 4.61. The maximum Gasteiger partial charge on any atom is 0.148 e. The molecule has 1 atom stereocenters. The number of nitrogens with two attached hydrogens (primary N) is 1. The Hall–Kier alpha value is -1.09. The Balaban J connectivity index is 2.71. The Morgan fingerprint density at radius 2 is 1.88 bits per heavy atom. The van der Waals surface area contributed by atoms with E-state index in [4.69, 9.17) is 22.7 Å². The van der Waals surface area contributed by atoms with Crippen LogP contribution >= 0.6 is 12.2 Å². The smallest absolute Gasteiger partial charge is 0.148 e. The second-order valence-electron chi connectivity index (χ2n) is 4.14. The van der Waals surface area contributed by atoms with Gasteiger partial charge in [-0.1, -0.05) is 45.1 Å². The summed E-state index contributed by atoms with van der Waals surface area (Å²) in [6, 6.07) is 8.09. The molecule has 1 aromatic rings. The minimum Gasteiger partial charge on any atom is -0.483 e. The van der Waals surface area contributed by atoms with Crippen molar-refractivity contribution in [1.29, 1.82) is 0 Å². The molecule has 0 spiro atoms. The van der Waals surface area contributed by atoms with Crippen LogP contribution in [0.2, 0.25) is 0 Å². The molecule has 2 N–H and O–H groups in total. The highest BCUT2D eigenvalue weighted by atomic mass is 32.1. The highest BCUT2D eigenvalue weighted by Gasteiger charge is 2.10. The van der Waals surface area contributed by atoms with Gasteiger partial charge in [0.05, 0.1) is 0 Å². The zero-order valence-electron chi connectivity index (χ0n) is 10.1. The van der Waals surface area contributed by atoms with Crippen molar-refractivity contribution in [3.05, 3.63) is 29.8 Å². The van der Waals surface area contributed by atoms with E-state index in [9.17, 15) is 0 Å². The molecule has 0 aromatic heterocycles. The summed E-state index contributed by atoms with van der Waals surface area (Å²) in [7, 11) is 0. The van der Waals surface area contributed by atoms with Gasteiger partial charge >= 0.3 is 0 Å². The summed E-state index contributed by atoms with van der Waals surface area (Å²) in [6.07, 6.45) is 0.626. The molecule has 1 unspecified atom stereocenters. The summed E-state index contributed by atoms with van der Waals surface area (Å²) in [4.78, 5) is 0.412.